The fourth-order valence-corrected chi connectivity index (χ4v) is 4.15. The first-order valence-corrected chi connectivity index (χ1v) is 10.6. The summed E-state index contributed by atoms with van der Waals surface area (Å²) in [5, 5.41) is 2.34. The van der Waals surface area contributed by atoms with E-state index in [4.69, 9.17) is 4.74 Å². The molecule has 1 aromatic carbocycles. The highest BCUT2D eigenvalue weighted by atomic mass is 16.5. The molecular weight excluding hydrogens is 354 g/mol. The predicted molar refractivity (Wildman–Crippen MR) is 109 cm³/mol. The van der Waals surface area contributed by atoms with Crippen molar-refractivity contribution in [3.63, 3.8) is 0 Å². The fourth-order valence-electron chi connectivity index (χ4n) is 4.15. The van der Waals surface area contributed by atoms with Crippen LogP contribution in [0, 0.1) is 5.92 Å². The van der Waals surface area contributed by atoms with Crippen LogP contribution in [-0.2, 0) is 11.3 Å². The number of benzene rings is 1. The summed E-state index contributed by atoms with van der Waals surface area (Å²) in [6, 6.07) is 8.06. The van der Waals surface area contributed by atoms with Gasteiger partial charge in [-0.2, -0.15) is 0 Å². The van der Waals surface area contributed by atoms with E-state index in [0.29, 0.717) is 13.1 Å². The van der Waals surface area contributed by atoms with Crippen LogP contribution >= 0.6 is 0 Å². The molecule has 1 heterocycles. The average Bonchev–Trinajstić information content (AvgIpc) is 2.69. The van der Waals surface area contributed by atoms with Crippen LogP contribution in [0.2, 0.25) is 0 Å². The van der Waals surface area contributed by atoms with Crippen molar-refractivity contribution in [2.45, 2.75) is 52.0 Å². The molecule has 2 fully saturated rings. The van der Waals surface area contributed by atoms with Gasteiger partial charge in [0.05, 0.1) is 6.61 Å². The number of piperazine rings is 1. The quantitative estimate of drug-likeness (QED) is 0.813. The molecule has 2 aliphatic rings. The van der Waals surface area contributed by atoms with Crippen LogP contribution in [0.25, 0.3) is 0 Å². The highest BCUT2D eigenvalue weighted by Gasteiger charge is 2.21. The minimum atomic E-state index is -0.312. The number of nitrogens with one attached hydrogen (secondary N) is 1. The first kappa shape index (κ1) is 20.6. The molecule has 0 unspecified atom stereocenters. The van der Waals surface area contributed by atoms with Crippen molar-refractivity contribution in [3.8, 4) is 5.75 Å². The maximum absolute atomic E-state index is 11.9. The number of nitrogens with zero attached hydrogens (tertiary/aromatic N) is 2. The zero-order chi connectivity index (χ0) is 19.8. The summed E-state index contributed by atoms with van der Waals surface area (Å²) in [6.45, 7) is 5.89. The lowest BCUT2D eigenvalue weighted by Crippen LogP contribution is -2.52. The molecule has 0 aromatic heterocycles. The molecule has 0 atom stereocenters. The average molecular weight is 388 g/mol. The number of carbonyl (C=O) groups excluding carboxylic acids is 2. The van der Waals surface area contributed by atoms with Gasteiger partial charge in [-0.25, -0.2) is 4.79 Å². The molecule has 1 aliphatic carbocycles. The number of hydrogen-bond acceptors (Lipinski definition) is 4. The Balaban J connectivity index is 1.41. The fraction of sp³-hybridized carbons (Fsp3) is 0.636. The Kier molecular flexibility index (Phi) is 7.71. The number of rotatable bonds is 6. The Morgan fingerprint density at radius 3 is 2.57 bits per heavy atom. The van der Waals surface area contributed by atoms with E-state index in [1.54, 1.807) is 4.90 Å². The zero-order valence-corrected chi connectivity index (χ0v) is 17.0. The maximum atomic E-state index is 11.9. The number of amides is 3. The summed E-state index contributed by atoms with van der Waals surface area (Å²) in [7, 11) is 0. The molecule has 0 spiro atoms. The summed E-state index contributed by atoms with van der Waals surface area (Å²) in [4.78, 5) is 26.9. The minimum Gasteiger partial charge on any atom is -0.494 e. The highest BCUT2D eigenvalue weighted by Crippen LogP contribution is 2.26. The van der Waals surface area contributed by atoms with E-state index in [1.165, 1.54) is 44.6 Å². The largest absolute Gasteiger partial charge is 0.494 e. The third-order valence-electron chi connectivity index (χ3n) is 5.77. The van der Waals surface area contributed by atoms with Gasteiger partial charge in [0.2, 0.25) is 5.91 Å². The molecule has 6 heteroatoms. The third kappa shape index (κ3) is 6.51. The van der Waals surface area contributed by atoms with Gasteiger partial charge in [0.15, 0.2) is 0 Å². The molecule has 28 heavy (non-hydrogen) atoms. The van der Waals surface area contributed by atoms with Gasteiger partial charge in [0.1, 0.15) is 5.75 Å². The van der Waals surface area contributed by atoms with Crippen LogP contribution in [0.5, 0.6) is 5.75 Å². The van der Waals surface area contributed by atoms with E-state index in [9.17, 15) is 9.59 Å². The molecule has 3 rings (SSSR count). The molecule has 0 bridgehead atoms. The van der Waals surface area contributed by atoms with E-state index in [0.717, 1.165) is 44.3 Å². The van der Waals surface area contributed by atoms with Gasteiger partial charge in [-0.05, 0) is 30.0 Å². The van der Waals surface area contributed by atoms with E-state index < -0.39 is 0 Å². The predicted octanol–water partition coefficient (Wildman–Crippen LogP) is 3.41. The molecular formula is C22H33N3O3. The van der Waals surface area contributed by atoms with Crippen molar-refractivity contribution in [3.05, 3.63) is 29.8 Å². The van der Waals surface area contributed by atoms with Crippen molar-refractivity contribution in [2.24, 2.45) is 5.92 Å². The van der Waals surface area contributed by atoms with Gasteiger partial charge in [-0.15, -0.1) is 0 Å². The normalized spacial score (nSPS) is 18.7. The number of hydrogen-bond donors (Lipinski definition) is 1. The summed E-state index contributed by atoms with van der Waals surface area (Å²) in [6.07, 6.45) is 8.04. The molecule has 1 aliphatic heterocycles. The monoisotopic (exact) mass is 387 g/mol. The van der Waals surface area contributed by atoms with E-state index >= 15 is 0 Å². The van der Waals surface area contributed by atoms with Gasteiger partial charge in [-0.3, -0.25) is 15.0 Å². The standard InChI is InChI=1S/C22H33N3O3/c1-18(26)23-22(27)25-13-11-24(12-14-25)17-20-8-5-9-21(16-20)28-15-10-19-6-3-2-4-7-19/h5,8-9,16,19H,2-4,6-7,10-15,17H2,1H3,(H,23,26,27). The summed E-state index contributed by atoms with van der Waals surface area (Å²) < 4.78 is 6.01. The molecule has 1 aromatic rings. The van der Waals surface area contributed by atoms with Gasteiger partial charge >= 0.3 is 6.03 Å². The molecule has 3 amide bonds. The minimum absolute atomic E-state index is 0.291. The first-order chi connectivity index (χ1) is 13.6. The molecule has 0 radical (unpaired) electrons. The van der Waals surface area contributed by atoms with E-state index in [1.807, 2.05) is 6.07 Å². The van der Waals surface area contributed by atoms with Crippen molar-refractivity contribution < 1.29 is 14.3 Å². The lowest BCUT2D eigenvalue weighted by Gasteiger charge is -2.34. The Morgan fingerprint density at radius 2 is 1.86 bits per heavy atom. The van der Waals surface area contributed by atoms with Crippen LogP contribution in [0.15, 0.2) is 24.3 Å². The Hall–Kier alpha value is -2.08. The lowest BCUT2D eigenvalue weighted by atomic mass is 9.87. The SMILES string of the molecule is CC(=O)NC(=O)N1CCN(Cc2cccc(OCCC3CCCCC3)c2)CC1. The summed E-state index contributed by atoms with van der Waals surface area (Å²) >= 11 is 0. The van der Waals surface area contributed by atoms with Crippen LogP contribution in [0.1, 0.15) is 51.0 Å². The second kappa shape index (κ2) is 10.5. The van der Waals surface area contributed by atoms with Crippen molar-refractivity contribution in [2.75, 3.05) is 32.8 Å². The second-order valence-electron chi connectivity index (χ2n) is 8.04. The lowest BCUT2D eigenvalue weighted by molar-refractivity contribution is -0.118. The van der Waals surface area contributed by atoms with Crippen molar-refractivity contribution >= 4 is 11.9 Å². The van der Waals surface area contributed by atoms with Crippen LogP contribution in [0.3, 0.4) is 0 Å². The van der Waals surface area contributed by atoms with Crippen LogP contribution in [-0.4, -0.2) is 54.5 Å². The van der Waals surface area contributed by atoms with Crippen molar-refractivity contribution in [1.82, 2.24) is 15.1 Å². The topological polar surface area (TPSA) is 61.9 Å². The molecule has 1 saturated heterocycles. The Morgan fingerprint density at radius 1 is 1.11 bits per heavy atom. The Labute approximate surface area is 168 Å². The molecule has 1 saturated carbocycles. The van der Waals surface area contributed by atoms with E-state index in [2.05, 4.69) is 28.4 Å². The highest BCUT2D eigenvalue weighted by molar-refractivity contribution is 5.93. The number of carbonyl (C=O) groups is 2. The van der Waals surface area contributed by atoms with Crippen LogP contribution < -0.4 is 10.1 Å². The smallest absolute Gasteiger partial charge is 0.324 e. The van der Waals surface area contributed by atoms with Gasteiger partial charge < -0.3 is 9.64 Å². The molecule has 1 N–H and O–H groups in total. The summed E-state index contributed by atoms with van der Waals surface area (Å²) in [5.74, 6) is 1.48. The van der Waals surface area contributed by atoms with E-state index in [-0.39, 0.29) is 11.9 Å². The van der Waals surface area contributed by atoms with Gasteiger partial charge in [0, 0.05) is 39.6 Å². The maximum Gasteiger partial charge on any atom is 0.324 e. The van der Waals surface area contributed by atoms with Gasteiger partial charge in [0.25, 0.3) is 0 Å². The van der Waals surface area contributed by atoms with Crippen molar-refractivity contribution in [1.29, 1.82) is 0 Å². The third-order valence-corrected chi connectivity index (χ3v) is 5.77. The number of ether oxygens (including phenoxy) is 1. The summed E-state index contributed by atoms with van der Waals surface area (Å²) in [5.41, 5.74) is 1.23. The number of imide groups is 1. The van der Waals surface area contributed by atoms with Crippen LogP contribution in [0.4, 0.5) is 4.79 Å². The van der Waals surface area contributed by atoms with Gasteiger partial charge in [-0.1, -0.05) is 44.2 Å². The zero-order valence-electron chi connectivity index (χ0n) is 17.0. The molecule has 154 valence electrons. The Bertz CT molecular complexity index is 650. The first-order valence-electron chi connectivity index (χ1n) is 10.6. The molecule has 6 nitrogen and oxygen atoms in total. The second-order valence-corrected chi connectivity index (χ2v) is 8.04. The number of urea groups is 1.